The summed E-state index contributed by atoms with van der Waals surface area (Å²) in [7, 11) is 0. The lowest BCUT2D eigenvalue weighted by atomic mass is 10.1. The van der Waals surface area contributed by atoms with Gasteiger partial charge in [0.25, 0.3) is 0 Å². The summed E-state index contributed by atoms with van der Waals surface area (Å²) < 4.78 is 102. The molecule has 0 unspecified atom stereocenters. The SMILES string of the molecule is N#Cc1[nH]nnc1-c1cc(OCCCCF)cc(OCc2cc(C(F)(F)F)cc(C(F)(F)F)c2)c1. The molecule has 6 nitrogen and oxygen atoms in total. The molecule has 0 amide bonds. The molecule has 0 radical (unpaired) electrons. The smallest absolute Gasteiger partial charge is 0.416 e. The van der Waals surface area contributed by atoms with Crippen molar-refractivity contribution in [3.05, 3.63) is 58.8 Å². The van der Waals surface area contributed by atoms with Crippen LogP contribution in [0.2, 0.25) is 0 Å². The van der Waals surface area contributed by atoms with Gasteiger partial charge in [-0.25, -0.2) is 5.10 Å². The van der Waals surface area contributed by atoms with Gasteiger partial charge in [0.15, 0.2) is 5.69 Å². The molecule has 1 heterocycles. The van der Waals surface area contributed by atoms with Crippen molar-refractivity contribution in [1.82, 2.24) is 15.4 Å². The summed E-state index contributed by atoms with van der Waals surface area (Å²) in [5.74, 6) is 0.240. The van der Waals surface area contributed by atoms with Gasteiger partial charge in [0.2, 0.25) is 0 Å². The standard InChI is InChI=1S/C22H17F7N4O2/c23-3-1-2-4-34-17-7-14(20-19(11-30)31-33-32-20)8-18(10-17)35-12-13-5-15(21(24,25)26)9-16(6-13)22(27,28)29/h5-10H,1-4,12H2,(H,31,32,33). The zero-order valence-electron chi connectivity index (χ0n) is 17.8. The van der Waals surface area contributed by atoms with Crippen LogP contribution in [0.15, 0.2) is 36.4 Å². The number of alkyl halides is 7. The Hall–Kier alpha value is -3.82. The average molecular weight is 502 g/mol. The van der Waals surface area contributed by atoms with Gasteiger partial charge in [-0.1, -0.05) is 5.21 Å². The third-order valence-electron chi connectivity index (χ3n) is 4.66. The second-order valence-electron chi connectivity index (χ2n) is 7.29. The second-order valence-corrected chi connectivity index (χ2v) is 7.29. The molecule has 2 aromatic carbocycles. The minimum atomic E-state index is -4.99. The number of nitrogens with one attached hydrogen (secondary N) is 1. The van der Waals surface area contributed by atoms with Crippen molar-refractivity contribution < 1.29 is 40.2 Å². The van der Waals surface area contributed by atoms with E-state index in [0.29, 0.717) is 24.1 Å². The summed E-state index contributed by atoms with van der Waals surface area (Å²) in [6.45, 7) is -1.01. The van der Waals surface area contributed by atoms with Gasteiger partial charge in [0.1, 0.15) is 29.9 Å². The number of rotatable bonds is 9. The highest BCUT2D eigenvalue weighted by molar-refractivity contribution is 5.67. The molecule has 186 valence electrons. The van der Waals surface area contributed by atoms with Crippen LogP contribution in [0.3, 0.4) is 0 Å². The van der Waals surface area contributed by atoms with Crippen LogP contribution in [0.1, 0.15) is 35.2 Å². The molecule has 3 aromatic rings. The van der Waals surface area contributed by atoms with E-state index in [9.17, 15) is 36.0 Å². The number of nitriles is 1. The molecule has 3 rings (SSSR count). The summed E-state index contributed by atoms with van der Waals surface area (Å²) in [6, 6.07) is 7.26. The van der Waals surface area contributed by atoms with Crippen LogP contribution in [-0.2, 0) is 19.0 Å². The molecular formula is C22H17F7N4O2. The Morgan fingerprint density at radius 1 is 0.857 bits per heavy atom. The van der Waals surface area contributed by atoms with E-state index < -0.39 is 36.8 Å². The van der Waals surface area contributed by atoms with Gasteiger partial charge in [-0.15, -0.1) is 5.10 Å². The maximum atomic E-state index is 13.1. The minimum absolute atomic E-state index is 0.0122. The Morgan fingerprint density at radius 2 is 1.49 bits per heavy atom. The molecule has 35 heavy (non-hydrogen) atoms. The summed E-state index contributed by atoms with van der Waals surface area (Å²) in [5.41, 5.74) is -2.84. The van der Waals surface area contributed by atoms with Crippen molar-refractivity contribution >= 4 is 0 Å². The molecule has 0 spiro atoms. The lowest BCUT2D eigenvalue weighted by molar-refractivity contribution is -0.143. The van der Waals surface area contributed by atoms with E-state index in [0.717, 1.165) is 0 Å². The first kappa shape index (κ1) is 25.8. The number of aromatic amines is 1. The summed E-state index contributed by atoms with van der Waals surface area (Å²) in [4.78, 5) is 0. The molecule has 0 aliphatic carbocycles. The molecule has 0 aliphatic heterocycles. The van der Waals surface area contributed by atoms with Gasteiger partial charge in [-0.2, -0.15) is 31.6 Å². The lowest BCUT2D eigenvalue weighted by Gasteiger charge is -2.15. The van der Waals surface area contributed by atoms with Crippen molar-refractivity contribution in [2.45, 2.75) is 31.8 Å². The van der Waals surface area contributed by atoms with Crippen molar-refractivity contribution in [3.63, 3.8) is 0 Å². The van der Waals surface area contributed by atoms with Crippen LogP contribution in [0.5, 0.6) is 11.5 Å². The van der Waals surface area contributed by atoms with Crippen molar-refractivity contribution in [1.29, 1.82) is 5.26 Å². The fourth-order valence-corrected chi connectivity index (χ4v) is 3.04. The monoisotopic (exact) mass is 502 g/mol. The normalized spacial score (nSPS) is 11.8. The maximum Gasteiger partial charge on any atom is 0.416 e. The van der Waals surface area contributed by atoms with E-state index in [2.05, 4.69) is 15.4 Å². The lowest BCUT2D eigenvalue weighted by Crippen LogP contribution is -2.12. The van der Waals surface area contributed by atoms with Gasteiger partial charge in [-0.3, -0.25) is 4.39 Å². The van der Waals surface area contributed by atoms with E-state index >= 15 is 0 Å². The fourth-order valence-electron chi connectivity index (χ4n) is 3.04. The quantitative estimate of drug-likeness (QED) is 0.283. The molecule has 13 heteroatoms. The largest absolute Gasteiger partial charge is 0.493 e. The number of aromatic nitrogens is 3. The van der Waals surface area contributed by atoms with Gasteiger partial charge in [-0.05, 0) is 48.7 Å². The molecule has 0 bridgehead atoms. The van der Waals surface area contributed by atoms with E-state index in [-0.39, 0.29) is 47.5 Å². The van der Waals surface area contributed by atoms with E-state index in [1.807, 2.05) is 6.07 Å². The first-order valence-corrected chi connectivity index (χ1v) is 10.1. The first-order chi connectivity index (χ1) is 16.5. The molecule has 0 fully saturated rings. The Balaban J connectivity index is 1.92. The van der Waals surface area contributed by atoms with Crippen LogP contribution in [0.25, 0.3) is 11.3 Å². The van der Waals surface area contributed by atoms with Crippen molar-refractivity contribution in [3.8, 4) is 28.8 Å². The highest BCUT2D eigenvalue weighted by atomic mass is 19.4. The van der Waals surface area contributed by atoms with Gasteiger partial charge in [0.05, 0.1) is 24.4 Å². The van der Waals surface area contributed by atoms with Crippen LogP contribution in [0, 0.1) is 11.3 Å². The molecule has 0 saturated carbocycles. The summed E-state index contributed by atoms with van der Waals surface area (Å²) >= 11 is 0. The molecule has 0 aliphatic rings. The average Bonchev–Trinajstić information content (AvgIpc) is 3.28. The Labute approximate surface area is 194 Å². The molecular weight excluding hydrogens is 485 g/mol. The number of halogens is 7. The van der Waals surface area contributed by atoms with Gasteiger partial charge < -0.3 is 9.47 Å². The number of unbranched alkanes of at least 4 members (excludes halogenated alkanes) is 1. The summed E-state index contributed by atoms with van der Waals surface area (Å²) in [6.07, 6.45) is -9.31. The predicted molar refractivity (Wildman–Crippen MR) is 108 cm³/mol. The Morgan fingerprint density at radius 3 is 2.06 bits per heavy atom. The number of hydrogen-bond donors (Lipinski definition) is 1. The molecule has 0 atom stereocenters. The summed E-state index contributed by atoms with van der Waals surface area (Å²) in [5, 5.41) is 18.9. The van der Waals surface area contributed by atoms with Crippen LogP contribution in [0.4, 0.5) is 30.7 Å². The van der Waals surface area contributed by atoms with E-state index in [1.165, 1.54) is 18.2 Å². The van der Waals surface area contributed by atoms with Crippen LogP contribution in [-0.4, -0.2) is 28.7 Å². The highest BCUT2D eigenvalue weighted by Gasteiger charge is 2.36. The fraction of sp³-hybridized carbons (Fsp3) is 0.318. The molecule has 0 saturated heterocycles. The van der Waals surface area contributed by atoms with Gasteiger partial charge in [0, 0.05) is 11.6 Å². The van der Waals surface area contributed by atoms with Crippen LogP contribution < -0.4 is 9.47 Å². The van der Waals surface area contributed by atoms with Gasteiger partial charge >= 0.3 is 12.4 Å². The van der Waals surface area contributed by atoms with E-state index in [4.69, 9.17) is 9.47 Å². The van der Waals surface area contributed by atoms with Crippen molar-refractivity contribution in [2.24, 2.45) is 0 Å². The maximum absolute atomic E-state index is 13.1. The third kappa shape index (κ3) is 6.84. The Kier molecular flexibility index (Phi) is 7.83. The predicted octanol–water partition coefficient (Wildman–Crippen LogP) is 6.09. The first-order valence-electron chi connectivity index (χ1n) is 10.1. The molecule has 1 aromatic heterocycles. The zero-order valence-corrected chi connectivity index (χ0v) is 17.8. The number of hydrogen-bond acceptors (Lipinski definition) is 5. The topological polar surface area (TPSA) is 83.8 Å². The molecule has 1 N–H and O–H groups in total. The third-order valence-corrected chi connectivity index (χ3v) is 4.66. The number of benzene rings is 2. The van der Waals surface area contributed by atoms with Crippen molar-refractivity contribution in [2.75, 3.05) is 13.3 Å². The van der Waals surface area contributed by atoms with Crippen LogP contribution >= 0.6 is 0 Å². The minimum Gasteiger partial charge on any atom is -0.493 e. The zero-order chi connectivity index (χ0) is 25.6. The number of ether oxygens (including phenoxy) is 2. The number of H-pyrrole nitrogens is 1. The second kappa shape index (κ2) is 10.6. The number of nitrogens with zero attached hydrogens (tertiary/aromatic N) is 3. The van der Waals surface area contributed by atoms with E-state index in [1.54, 1.807) is 0 Å². The highest BCUT2D eigenvalue weighted by Crippen LogP contribution is 2.37. The Bertz CT molecular complexity index is 1170.